The van der Waals surface area contributed by atoms with E-state index in [4.69, 9.17) is 20.8 Å². The van der Waals surface area contributed by atoms with Crippen molar-refractivity contribution < 1.29 is 18.8 Å². The van der Waals surface area contributed by atoms with Crippen molar-refractivity contribution in [3.05, 3.63) is 88.7 Å². The van der Waals surface area contributed by atoms with E-state index in [9.17, 15) is 9.59 Å². The molecule has 3 heterocycles. The first-order chi connectivity index (χ1) is 21.4. The summed E-state index contributed by atoms with van der Waals surface area (Å²) in [5, 5.41) is 0.367. The van der Waals surface area contributed by atoms with Crippen molar-refractivity contribution in [2.45, 2.75) is 109 Å². The molecule has 1 aliphatic rings. The molecule has 1 aliphatic heterocycles. The summed E-state index contributed by atoms with van der Waals surface area (Å²) in [6.45, 7) is 17.1. The Morgan fingerprint density at radius 2 is 1.70 bits per heavy atom. The molecule has 46 heavy (non-hydrogen) atoms. The lowest BCUT2D eigenvalue weighted by atomic mass is 10.0. The second-order valence-corrected chi connectivity index (χ2v) is 19.8. The highest BCUT2D eigenvalue weighted by Gasteiger charge is 2.47. The zero-order chi connectivity index (χ0) is 33.9. The average Bonchev–Trinajstić information content (AvgIpc) is 3.39. The summed E-state index contributed by atoms with van der Waals surface area (Å²) in [4.78, 5) is 43.3. The van der Waals surface area contributed by atoms with Gasteiger partial charge in [-0.25, -0.2) is 9.78 Å². The van der Waals surface area contributed by atoms with Crippen molar-refractivity contribution in [2.75, 3.05) is 7.05 Å². The minimum Gasteiger partial charge on any atom is -0.444 e. The molecule has 0 radical (unpaired) electrons. The number of ether oxygens (including phenoxy) is 1. The first-order valence-corrected chi connectivity index (χ1v) is 19.1. The Kier molecular flexibility index (Phi) is 11.0. The predicted octanol–water partition coefficient (Wildman–Crippen LogP) is 7.87. The number of pyridine rings is 1. The number of nitrogens with zero attached hydrogens (tertiary/aromatic N) is 5. The van der Waals surface area contributed by atoms with Crippen LogP contribution in [0.2, 0.25) is 23.3 Å². The molecule has 11 heteroatoms. The fraction of sp³-hybridized carbons (Fsp3) is 0.514. The zero-order valence-corrected chi connectivity index (χ0v) is 30.3. The van der Waals surface area contributed by atoms with Crippen LogP contribution in [0.1, 0.15) is 87.7 Å². The number of hydrogen-bond donors (Lipinski definition) is 0. The molecule has 248 valence electrons. The van der Waals surface area contributed by atoms with Crippen molar-refractivity contribution in [1.29, 1.82) is 0 Å². The number of carbonyl (C=O) groups excluding carboxylic acids is 2. The number of amides is 2. The van der Waals surface area contributed by atoms with E-state index in [0.717, 1.165) is 29.7 Å². The van der Waals surface area contributed by atoms with E-state index in [-0.39, 0.29) is 29.1 Å². The highest BCUT2D eigenvalue weighted by molar-refractivity contribution is 6.74. The van der Waals surface area contributed by atoms with Crippen LogP contribution >= 0.6 is 11.6 Å². The van der Waals surface area contributed by atoms with Crippen molar-refractivity contribution in [2.24, 2.45) is 0 Å². The van der Waals surface area contributed by atoms with Gasteiger partial charge in [-0.15, -0.1) is 0 Å². The molecule has 0 bridgehead atoms. The summed E-state index contributed by atoms with van der Waals surface area (Å²) < 4.78 is 13.1. The molecule has 0 aliphatic carbocycles. The summed E-state index contributed by atoms with van der Waals surface area (Å²) in [5.41, 5.74) is 2.56. The molecule has 0 spiro atoms. The van der Waals surface area contributed by atoms with Crippen LogP contribution in [0.5, 0.6) is 0 Å². The molecule has 3 atom stereocenters. The van der Waals surface area contributed by atoms with Crippen LogP contribution in [0.3, 0.4) is 0 Å². The van der Waals surface area contributed by atoms with Gasteiger partial charge in [-0.3, -0.25) is 19.7 Å². The summed E-state index contributed by atoms with van der Waals surface area (Å²) >= 11 is 6.17. The Morgan fingerprint density at radius 3 is 2.26 bits per heavy atom. The number of halogens is 1. The first kappa shape index (κ1) is 35.5. The zero-order valence-electron chi connectivity index (χ0n) is 28.6. The lowest BCUT2D eigenvalue weighted by Gasteiger charge is -2.43. The number of benzene rings is 1. The Morgan fingerprint density at radius 1 is 1.00 bits per heavy atom. The van der Waals surface area contributed by atoms with Gasteiger partial charge in [0.25, 0.3) is 5.91 Å². The lowest BCUT2D eigenvalue weighted by molar-refractivity contribution is -0.00244. The topological polar surface area (TPSA) is 97.8 Å². The van der Waals surface area contributed by atoms with Gasteiger partial charge < -0.3 is 14.1 Å². The van der Waals surface area contributed by atoms with Crippen molar-refractivity contribution in [3.63, 3.8) is 0 Å². The van der Waals surface area contributed by atoms with Gasteiger partial charge in [0.15, 0.2) is 8.32 Å². The van der Waals surface area contributed by atoms with E-state index in [1.807, 2.05) is 56.0 Å². The van der Waals surface area contributed by atoms with E-state index in [2.05, 4.69) is 48.8 Å². The lowest BCUT2D eigenvalue weighted by Crippen LogP contribution is -2.50. The Bertz CT molecular complexity index is 1470. The third kappa shape index (κ3) is 8.92. The van der Waals surface area contributed by atoms with Crippen LogP contribution < -0.4 is 0 Å². The van der Waals surface area contributed by atoms with Gasteiger partial charge >= 0.3 is 6.09 Å². The summed E-state index contributed by atoms with van der Waals surface area (Å²) in [7, 11) is -0.523. The Balaban J connectivity index is 1.60. The standard InChI is InChI=1S/C35H48ClN5O4Si/c1-34(2,3)44-33(43)41-28(20-24-10-12-25(13-11-24)32(42)40(7)23-27-22-37-18-19-38-27)15-16-29(41)31(26-14-17-30(36)39-21-26)45-46(8,9)35(4,5)6/h10-14,17-19,21-22,28-29,31H,15-16,20,23H2,1-9H3/t28-,29+,31+/m0/s1. The van der Waals surface area contributed by atoms with E-state index in [1.165, 1.54) is 0 Å². The predicted molar refractivity (Wildman–Crippen MR) is 183 cm³/mol. The maximum atomic E-state index is 14.0. The van der Waals surface area contributed by atoms with Crippen molar-refractivity contribution in [3.8, 4) is 0 Å². The third-order valence-corrected chi connectivity index (χ3v) is 13.5. The van der Waals surface area contributed by atoms with Gasteiger partial charge in [-0.1, -0.05) is 50.6 Å². The smallest absolute Gasteiger partial charge is 0.410 e. The Labute approximate surface area is 279 Å². The minimum atomic E-state index is -2.27. The molecular formula is C35H48ClN5O4Si. The minimum absolute atomic E-state index is 0.0401. The second kappa shape index (κ2) is 14.2. The fourth-order valence-electron chi connectivity index (χ4n) is 5.43. The molecule has 4 rings (SSSR count). The van der Waals surface area contributed by atoms with Crippen LogP contribution in [0.4, 0.5) is 4.79 Å². The van der Waals surface area contributed by atoms with Gasteiger partial charge in [0, 0.05) is 42.8 Å². The van der Waals surface area contributed by atoms with Gasteiger partial charge in [-0.2, -0.15) is 0 Å². The summed E-state index contributed by atoms with van der Waals surface area (Å²) in [6, 6.07) is 11.0. The van der Waals surface area contributed by atoms with Crippen LogP contribution in [-0.2, 0) is 22.1 Å². The molecule has 2 amide bonds. The molecule has 3 aromatic rings. The fourth-order valence-corrected chi connectivity index (χ4v) is 6.82. The second-order valence-electron chi connectivity index (χ2n) is 14.7. The Hall–Kier alpha value is -3.34. The molecule has 0 unspecified atom stereocenters. The van der Waals surface area contributed by atoms with Gasteiger partial charge in [0.05, 0.1) is 30.6 Å². The van der Waals surface area contributed by atoms with E-state index in [0.29, 0.717) is 23.7 Å². The molecule has 0 saturated carbocycles. The number of carbonyl (C=O) groups is 2. The number of aromatic nitrogens is 3. The monoisotopic (exact) mass is 665 g/mol. The molecule has 1 aromatic carbocycles. The molecule has 1 fully saturated rings. The molecule has 2 aromatic heterocycles. The highest BCUT2D eigenvalue weighted by Crippen LogP contribution is 2.44. The van der Waals surface area contributed by atoms with Gasteiger partial charge in [-0.05, 0) is 81.9 Å². The van der Waals surface area contributed by atoms with Crippen molar-refractivity contribution >= 4 is 31.9 Å². The van der Waals surface area contributed by atoms with Gasteiger partial charge in [0.2, 0.25) is 0 Å². The SMILES string of the molecule is CN(Cc1cnccn1)C(=O)c1ccc(C[C@@H]2CC[C@H]([C@H](O[Si](C)(C)C(C)(C)C)c3ccc(Cl)nc3)N2C(=O)OC(C)(C)C)cc1. The quantitative estimate of drug-likeness (QED) is 0.169. The molecule has 1 saturated heterocycles. The maximum Gasteiger partial charge on any atom is 0.410 e. The van der Waals surface area contributed by atoms with Crippen molar-refractivity contribution in [1.82, 2.24) is 24.8 Å². The highest BCUT2D eigenvalue weighted by atomic mass is 35.5. The van der Waals surface area contributed by atoms with E-state index < -0.39 is 20.0 Å². The van der Waals surface area contributed by atoms with Crippen LogP contribution in [0.25, 0.3) is 0 Å². The largest absolute Gasteiger partial charge is 0.444 e. The summed E-state index contributed by atoms with van der Waals surface area (Å²) in [5.74, 6) is -0.101. The normalized spacial score (nSPS) is 17.9. The van der Waals surface area contributed by atoms with Gasteiger partial charge in [0.1, 0.15) is 10.8 Å². The molecule has 9 nitrogen and oxygen atoms in total. The average molecular weight is 666 g/mol. The van der Waals surface area contributed by atoms with Crippen LogP contribution in [-0.4, -0.2) is 69.8 Å². The number of rotatable bonds is 9. The number of likely N-dealkylation sites (tertiary alicyclic amines) is 1. The molecular weight excluding hydrogens is 618 g/mol. The summed E-state index contributed by atoms with van der Waals surface area (Å²) in [6.07, 6.45) is 8.03. The molecule has 0 N–H and O–H groups in total. The van der Waals surface area contributed by atoms with Crippen LogP contribution in [0.15, 0.2) is 61.2 Å². The maximum absolute atomic E-state index is 14.0. The van der Waals surface area contributed by atoms with E-state index >= 15 is 0 Å². The first-order valence-electron chi connectivity index (χ1n) is 15.8. The third-order valence-electron chi connectivity index (χ3n) is 8.84. The van der Waals surface area contributed by atoms with Crippen LogP contribution in [0, 0.1) is 0 Å². The number of hydrogen-bond acceptors (Lipinski definition) is 7. The van der Waals surface area contributed by atoms with E-state index in [1.54, 1.807) is 42.8 Å².